The Morgan fingerprint density at radius 2 is 2.15 bits per heavy atom. The molecule has 2 heterocycles. The molecule has 1 aliphatic rings. The van der Waals surface area contributed by atoms with Crippen LogP contribution in [-0.4, -0.2) is 26.1 Å². The number of H-pyrrole nitrogens is 1. The molecular weight excluding hydrogens is 338 g/mol. The molecule has 0 radical (unpaired) electrons. The molecule has 0 aliphatic heterocycles. The Morgan fingerprint density at radius 3 is 2.89 bits per heavy atom. The zero-order valence-electron chi connectivity index (χ0n) is 15.6. The van der Waals surface area contributed by atoms with Gasteiger partial charge >= 0.3 is 0 Å². The highest BCUT2D eigenvalue weighted by Gasteiger charge is 2.27. The number of hydrogen-bond donors (Lipinski definition) is 2. The van der Waals surface area contributed by atoms with E-state index in [0.29, 0.717) is 11.6 Å². The molecule has 1 aliphatic carbocycles. The zero-order valence-corrected chi connectivity index (χ0v) is 15.6. The van der Waals surface area contributed by atoms with Crippen molar-refractivity contribution >= 4 is 11.6 Å². The van der Waals surface area contributed by atoms with Gasteiger partial charge in [-0.2, -0.15) is 0 Å². The number of pyridine rings is 1. The van der Waals surface area contributed by atoms with Gasteiger partial charge in [0.25, 0.3) is 5.91 Å². The lowest BCUT2D eigenvalue weighted by atomic mass is 9.97. The lowest BCUT2D eigenvalue weighted by Gasteiger charge is -2.13. The molecule has 6 nitrogen and oxygen atoms in total. The van der Waals surface area contributed by atoms with Gasteiger partial charge in [-0.1, -0.05) is 25.1 Å². The molecule has 2 aromatic heterocycles. The summed E-state index contributed by atoms with van der Waals surface area (Å²) in [7, 11) is 0. The smallest absolute Gasteiger partial charge is 0.274 e. The number of rotatable bonds is 6. The van der Waals surface area contributed by atoms with E-state index >= 15 is 0 Å². The Labute approximate surface area is 158 Å². The SMILES string of the molecule is Cc1ccc(C(=O)Nc2cccc([C@H](C)Cc3nnc[nH]3)c2)nc1C1CC1. The molecular formula is C21H23N5O. The summed E-state index contributed by atoms with van der Waals surface area (Å²) in [5.41, 5.74) is 4.62. The van der Waals surface area contributed by atoms with Gasteiger partial charge in [0, 0.05) is 23.7 Å². The van der Waals surface area contributed by atoms with Crippen LogP contribution in [0.4, 0.5) is 5.69 Å². The number of benzene rings is 1. The van der Waals surface area contributed by atoms with Crippen molar-refractivity contribution in [3.8, 4) is 0 Å². The molecule has 1 atom stereocenters. The summed E-state index contributed by atoms with van der Waals surface area (Å²) in [4.78, 5) is 20.3. The van der Waals surface area contributed by atoms with Gasteiger partial charge < -0.3 is 10.3 Å². The lowest BCUT2D eigenvalue weighted by Crippen LogP contribution is -2.15. The van der Waals surface area contributed by atoms with Crippen molar-refractivity contribution in [1.29, 1.82) is 0 Å². The van der Waals surface area contributed by atoms with E-state index in [1.165, 1.54) is 12.8 Å². The van der Waals surface area contributed by atoms with Gasteiger partial charge in [-0.15, -0.1) is 10.2 Å². The van der Waals surface area contributed by atoms with Crippen molar-refractivity contribution in [2.75, 3.05) is 5.32 Å². The first-order valence-corrected chi connectivity index (χ1v) is 9.34. The second-order valence-electron chi connectivity index (χ2n) is 7.29. The fraction of sp³-hybridized carbons (Fsp3) is 0.333. The van der Waals surface area contributed by atoms with E-state index in [-0.39, 0.29) is 11.8 Å². The number of nitrogens with one attached hydrogen (secondary N) is 2. The van der Waals surface area contributed by atoms with Crippen molar-refractivity contribution < 1.29 is 4.79 Å². The maximum Gasteiger partial charge on any atom is 0.274 e. The molecule has 0 unspecified atom stereocenters. The minimum absolute atomic E-state index is 0.170. The van der Waals surface area contributed by atoms with Crippen LogP contribution in [0.2, 0.25) is 0 Å². The van der Waals surface area contributed by atoms with Crippen molar-refractivity contribution in [3.05, 3.63) is 71.1 Å². The maximum absolute atomic E-state index is 12.7. The molecule has 1 amide bonds. The monoisotopic (exact) mass is 361 g/mol. The van der Waals surface area contributed by atoms with Crippen LogP contribution in [0.15, 0.2) is 42.7 Å². The van der Waals surface area contributed by atoms with Crippen LogP contribution in [0.1, 0.15) is 64.7 Å². The molecule has 1 saturated carbocycles. The van der Waals surface area contributed by atoms with Gasteiger partial charge in [-0.3, -0.25) is 4.79 Å². The predicted octanol–water partition coefficient (Wildman–Crippen LogP) is 3.98. The van der Waals surface area contributed by atoms with E-state index in [4.69, 9.17) is 0 Å². The number of amides is 1. The summed E-state index contributed by atoms with van der Waals surface area (Å²) in [6.07, 6.45) is 4.69. The van der Waals surface area contributed by atoms with Crippen molar-refractivity contribution in [3.63, 3.8) is 0 Å². The highest BCUT2D eigenvalue weighted by molar-refractivity contribution is 6.02. The molecule has 1 aromatic carbocycles. The highest BCUT2D eigenvalue weighted by Crippen LogP contribution is 2.40. The van der Waals surface area contributed by atoms with Crippen molar-refractivity contribution in [1.82, 2.24) is 20.2 Å². The Bertz CT molecular complexity index is 947. The maximum atomic E-state index is 12.7. The molecule has 2 N–H and O–H groups in total. The van der Waals surface area contributed by atoms with E-state index in [9.17, 15) is 4.79 Å². The standard InChI is InChI=1S/C21H23N5O/c1-13-6-9-18(25-20(13)15-7-8-15)21(27)24-17-5-3-4-16(11-17)14(2)10-19-22-12-23-26-19/h3-6,9,11-12,14-15H,7-8,10H2,1-2H3,(H,24,27)(H,22,23,26)/t14-/m1/s1. The van der Waals surface area contributed by atoms with Gasteiger partial charge in [0.2, 0.25) is 0 Å². The summed E-state index contributed by atoms with van der Waals surface area (Å²) in [5.74, 6) is 1.47. The van der Waals surface area contributed by atoms with Crippen molar-refractivity contribution in [2.24, 2.45) is 0 Å². The third-order valence-corrected chi connectivity index (χ3v) is 5.01. The average molecular weight is 361 g/mol. The largest absolute Gasteiger partial charge is 0.332 e. The molecule has 0 spiro atoms. The van der Waals surface area contributed by atoms with E-state index in [1.54, 1.807) is 12.4 Å². The molecule has 4 rings (SSSR count). The first kappa shape index (κ1) is 17.4. The Balaban J connectivity index is 1.47. The summed E-state index contributed by atoms with van der Waals surface area (Å²) in [6, 6.07) is 11.7. The van der Waals surface area contributed by atoms with Crippen LogP contribution in [0.25, 0.3) is 0 Å². The van der Waals surface area contributed by atoms with Crippen LogP contribution in [0.5, 0.6) is 0 Å². The second kappa shape index (κ2) is 7.31. The summed E-state index contributed by atoms with van der Waals surface area (Å²) in [5, 5.41) is 10.8. The van der Waals surface area contributed by atoms with E-state index in [2.05, 4.69) is 45.4 Å². The van der Waals surface area contributed by atoms with Gasteiger partial charge in [0.1, 0.15) is 17.8 Å². The fourth-order valence-corrected chi connectivity index (χ4v) is 3.30. The number of nitrogens with zero attached hydrogens (tertiary/aromatic N) is 3. The van der Waals surface area contributed by atoms with Crippen LogP contribution in [-0.2, 0) is 6.42 Å². The number of anilines is 1. The van der Waals surface area contributed by atoms with Crippen LogP contribution >= 0.6 is 0 Å². The number of aromatic amines is 1. The van der Waals surface area contributed by atoms with Gasteiger partial charge in [0.05, 0.1) is 0 Å². The minimum Gasteiger partial charge on any atom is -0.332 e. The first-order chi connectivity index (χ1) is 13.1. The molecule has 27 heavy (non-hydrogen) atoms. The Morgan fingerprint density at radius 1 is 1.30 bits per heavy atom. The quantitative estimate of drug-likeness (QED) is 0.695. The van der Waals surface area contributed by atoms with Gasteiger partial charge in [-0.25, -0.2) is 4.98 Å². The first-order valence-electron chi connectivity index (χ1n) is 9.34. The average Bonchev–Trinajstić information content (AvgIpc) is 3.39. The normalized spacial score (nSPS) is 14.7. The topological polar surface area (TPSA) is 83.6 Å². The van der Waals surface area contributed by atoms with Crippen LogP contribution < -0.4 is 5.32 Å². The summed E-state index contributed by atoms with van der Waals surface area (Å²) in [6.45, 7) is 4.19. The van der Waals surface area contributed by atoms with Crippen molar-refractivity contribution in [2.45, 2.75) is 44.9 Å². The molecule has 0 bridgehead atoms. The third kappa shape index (κ3) is 4.05. The number of carbonyl (C=O) groups is 1. The fourth-order valence-electron chi connectivity index (χ4n) is 3.30. The molecule has 6 heteroatoms. The minimum atomic E-state index is -0.170. The molecule has 3 aromatic rings. The summed E-state index contributed by atoms with van der Waals surface area (Å²) >= 11 is 0. The van der Waals surface area contributed by atoms with Crippen LogP contribution in [0.3, 0.4) is 0 Å². The number of aromatic nitrogens is 4. The van der Waals surface area contributed by atoms with Gasteiger partial charge in [-0.05, 0) is 55.0 Å². The Kier molecular flexibility index (Phi) is 4.71. The van der Waals surface area contributed by atoms with E-state index < -0.39 is 0 Å². The van der Waals surface area contributed by atoms with Gasteiger partial charge in [0.15, 0.2) is 0 Å². The molecule has 138 valence electrons. The third-order valence-electron chi connectivity index (χ3n) is 5.01. The number of carbonyl (C=O) groups excluding carboxylic acids is 1. The molecule has 1 fully saturated rings. The zero-order chi connectivity index (χ0) is 18.8. The van der Waals surface area contributed by atoms with E-state index in [0.717, 1.165) is 34.8 Å². The summed E-state index contributed by atoms with van der Waals surface area (Å²) < 4.78 is 0. The van der Waals surface area contributed by atoms with E-state index in [1.807, 2.05) is 24.3 Å². The number of hydrogen-bond acceptors (Lipinski definition) is 4. The molecule has 0 saturated heterocycles. The lowest BCUT2D eigenvalue weighted by molar-refractivity contribution is 0.102. The second-order valence-corrected chi connectivity index (χ2v) is 7.29. The van der Waals surface area contributed by atoms with Crippen LogP contribution in [0, 0.1) is 6.92 Å². The number of aryl methyl sites for hydroxylation is 1. The predicted molar refractivity (Wildman–Crippen MR) is 104 cm³/mol. The highest BCUT2D eigenvalue weighted by atomic mass is 16.1. The Hall–Kier alpha value is -3.02.